The average Bonchev–Trinajstić information content (AvgIpc) is 2.38. The Morgan fingerprint density at radius 1 is 1.26 bits per heavy atom. The number of nitrogens with one attached hydrogen (secondary N) is 2. The number of benzene rings is 1. The molecule has 0 saturated carbocycles. The topological polar surface area (TPSA) is 54.0 Å². The Bertz CT molecular complexity index is 613. The lowest BCUT2D eigenvalue weighted by molar-refractivity contribution is 0.0963. The molecule has 1 amide bonds. The molecule has 98 valence electrons. The Hall–Kier alpha value is -2.07. The number of hydrogen-bond donors (Lipinski definition) is 2. The largest absolute Gasteiger partial charge is 0.355 e. The van der Waals surface area contributed by atoms with Crippen LogP contribution in [-0.4, -0.2) is 17.9 Å². The number of halogens is 1. The van der Waals surface area contributed by atoms with Crippen LogP contribution < -0.4 is 10.6 Å². The molecular weight excluding hydrogens is 262 g/mol. The van der Waals surface area contributed by atoms with Gasteiger partial charge >= 0.3 is 0 Å². The summed E-state index contributed by atoms with van der Waals surface area (Å²) in [5.74, 6) is 0.233. The third-order valence-corrected chi connectivity index (χ3v) is 2.82. The molecule has 1 heterocycles. The Labute approximate surface area is 116 Å². The molecule has 0 aliphatic rings. The zero-order valence-electron chi connectivity index (χ0n) is 10.7. The van der Waals surface area contributed by atoms with E-state index in [1.165, 1.54) is 0 Å². The summed E-state index contributed by atoms with van der Waals surface area (Å²) in [6.07, 6.45) is 0. The summed E-state index contributed by atoms with van der Waals surface area (Å²) in [7, 11) is 1.58. The molecule has 0 radical (unpaired) electrons. The number of carbonyl (C=O) groups excluding carboxylic acids is 1. The number of rotatable bonds is 3. The molecule has 1 aromatic carbocycles. The van der Waals surface area contributed by atoms with E-state index in [9.17, 15) is 4.79 Å². The fourth-order valence-electron chi connectivity index (χ4n) is 1.71. The second kappa shape index (κ2) is 5.71. The first-order valence-electron chi connectivity index (χ1n) is 5.82. The van der Waals surface area contributed by atoms with Gasteiger partial charge in [-0.3, -0.25) is 4.79 Å². The Morgan fingerprint density at radius 3 is 2.74 bits per heavy atom. The van der Waals surface area contributed by atoms with E-state index >= 15 is 0 Å². The molecule has 0 fully saturated rings. The minimum absolute atomic E-state index is 0.209. The lowest BCUT2D eigenvalue weighted by Gasteiger charge is -2.11. The summed E-state index contributed by atoms with van der Waals surface area (Å²) in [6, 6.07) is 11.0. The van der Waals surface area contributed by atoms with Crippen molar-refractivity contribution < 1.29 is 4.79 Å². The quantitative estimate of drug-likeness (QED) is 0.846. The van der Waals surface area contributed by atoms with Gasteiger partial charge in [0.1, 0.15) is 11.0 Å². The van der Waals surface area contributed by atoms with Crippen LogP contribution in [0.1, 0.15) is 15.9 Å². The van der Waals surface area contributed by atoms with E-state index in [0.29, 0.717) is 16.5 Å². The van der Waals surface area contributed by atoms with E-state index in [0.717, 1.165) is 11.3 Å². The fraction of sp³-hybridized carbons (Fsp3) is 0.143. The molecule has 2 aromatic rings. The molecule has 0 atom stereocenters. The number of hydrogen-bond acceptors (Lipinski definition) is 3. The molecule has 4 nitrogen and oxygen atoms in total. The van der Waals surface area contributed by atoms with E-state index in [2.05, 4.69) is 15.6 Å². The first-order valence-corrected chi connectivity index (χ1v) is 6.20. The van der Waals surface area contributed by atoms with Crippen LogP contribution in [0.4, 0.5) is 11.5 Å². The van der Waals surface area contributed by atoms with E-state index < -0.39 is 0 Å². The average molecular weight is 276 g/mol. The number of anilines is 2. The third-order valence-electron chi connectivity index (χ3n) is 2.61. The van der Waals surface area contributed by atoms with Gasteiger partial charge in [0.25, 0.3) is 5.91 Å². The van der Waals surface area contributed by atoms with Gasteiger partial charge in [0.2, 0.25) is 0 Å². The van der Waals surface area contributed by atoms with E-state index in [-0.39, 0.29) is 5.91 Å². The highest BCUT2D eigenvalue weighted by molar-refractivity contribution is 6.29. The molecule has 0 aliphatic heterocycles. The Kier molecular flexibility index (Phi) is 4.02. The molecule has 0 spiro atoms. The first-order chi connectivity index (χ1) is 9.10. The van der Waals surface area contributed by atoms with Crippen LogP contribution in [0, 0.1) is 6.92 Å². The number of pyridine rings is 1. The smallest absolute Gasteiger partial charge is 0.254 e. The molecule has 1 aromatic heterocycles. The van der Waals surface area contributed by atoms with Gasteiger partial charge in [0, 0.05) is 12.7 Å². The van der Waals surface area contributed by atoms with Crippen LogP contribution in [0.25, 0.3) is 0 Å². The highest BCUT2D eigenvalue weighted by Gasteiger charge is 2.12. The summed E-state index contributed by atoms with van der Waals surface area (Å²) in [4.78, 5) is 15.9. The second-order valence-corrected chi connectivity index (χ2v) is 4.49. The number of carbonyl (C=O) groups is 1. The normalized spacial score (nSPS) is 10.1. The standard InChI is InChI=1S/C14H14ClN3O/c1-9-4-3-5-10(8-9)17-13-11(14(19)16-2)6-7-12(15)18-13/h3-8H,1-2H3,(H,16,19)(H,17,18). The molecule has 0 aliphatic carbocycles. The summed E-state index contributed by atoms with van der Waals surface area (Å²) in [5, 5.41) is 6.03. The van der Waals surface area contributed by atoms with Crippen molar-refractivity contribution in [1.82, 2.24) is 10.3 Å². The third kappa shape index (κ3) is 3.23. The zero-order valence-corrected chi connectivity index (χ0v) is 11.5. The highest BCUT2D eigenvalue weighted by atomic mass is 35.5. The van der Waals surface area contributed by atoms with Gasteiger partial charge in [-0.15, -0.1) is 0 Å². The van der Waals surface area contributed by atoms with Gasteiger partial charge in [-0.2, -0.15) is 0 Å². The number of aromatic nitrogens is 1. The van der Waals surface area contributed by atoms with Crippen molar-refractivity contribution in [3.05, 3.63) is 52.7 Å². The Morgan fingerprint density at radius 2 is 2.05 bits per heavy atom. The maximum absolute atomic E-state index is 11.8. The maximum atomic E-state index is 11.8. The van der Waals surface area contributed by atoms with Crippen LogP contribution in [0.5, 0.6) is 0 Å². The first kappa shape index (κ1) is 13.4. The molecule has 5 heteroatoms. The fourth-order valence-corrected chi connectivity index (χ4v) is 1.86. The SMILES string of the molecule is CNC(=O)c1ccc(Cl)nc1Nc1cccc(C)c1. The highest BCUT2D eigenvalue weighted by Crippen LogP contribution is 2.21. The van der Waals surface area contributed by atoms with Crippen LogP contribution in [0.2, 0.25) is 5.15 Å². The van der Waals surface area contributed by atoms with E-state index in [1.54, 1.807) is 19.2 Å². The van der Waals surface area contributed by atoms with Crippen molar-refractivity contribution in [2.45, 2.75) is 6.92 Å². The van der Waals surface area contributed by atoms with Crippen molar-refractivity contribution in [1.29, 1.82) is 0 Å². The van der Waals surface area contributed by atoms with Crippen molar-refractivity contribution in [3.8, 4) is 0 Å². The predicted molar refractivity (Wildman–Crippen MR) is 77.1 cm³/mol. The van der Waals surface area contributed by atoms with Gasteiger partial charge < -0.3 is 10.6 Å². The lowest BCUT2D eigenvalue weighted by Crippen LogP contribution is -2.19. The molecule has 0 bridgehead atoms. The van der Waals surface area contributed by atoms with Crippen LogP contribution in [-0.2, 0) is 0 Å². The van der Waals surface area contributed by atoms with Gasteiger partial charge in [-0.1, -0.05) is 23.7 Å². The van der Waals surface area contributed by atoms with Crippen LogP contribution in [0.15, 0.2) is 36.4 Å². The van der Waals surface area contributed by atoms with E-state index in [4.69, 9.17) is 11.6 Å². The van der Waals surface area contributed by atoms with Gasteiger partial charge in [-0.05, 0) is 36.8 Å². The second-order valence-electron chi connectivity index (χ2n) is 4.10. The van der Waals surface area contributed by atoms with Crippen molar-refractivity contribution in [2.24, 2.45) is 0 Å². The number of nitrogens with zero attached hydrogens (tertiary/aromatic N) is 1. The van der Waals surface area contributed by atoms with Crippen LogP contribution >= 0.6 is 11.6 Å². The number of aryl methyl sites for hydroxylation is 1. The van der Waals surface area contributed by atoms with Gasteiger partial charge in [0.05, 0.1) is 5.56 Å². The predicted octanol–water partition coefficient (Wildman–Crippen LogP) is 3.15. The number of amides is 1. The molecule has 0 saturated heterocycles. The van der Waals surface area contributed by atoms with Gasteiger partial charge in [0.15, 0.2) is 0 Å². The van der Waals surface area contributed by atoms with E-state index in [1.807, 2.05) is 31.2 Å². The van der Waals surface area contributed by atoms with Crippen LogP contribution in [0.3, 0.4) is 0 Å². The van der Waals surface area contributed by atoms with Crippen molar-refractivity contribution in [2.75, 3.05) is 12.4 Å². The maximum Gasteiger partial charge on any atom is 0.254 e. The van der Waals surface area contributed by atoms with Gasteiger partial charge in [-0.25, -0.2) is 4.98 Å². The molecule has 2 rings (SSSR count). The van der Waals surface area contributed by atoms with Crippen molar-refractivity contribution >= 4 is 29.0 Å². The monoisotopic (exact) mass is 275 g/mol. The summed E-state index contributed by atoms with van der Waals surface area (Å²) in [5.41, 5.74) is 2.43. The zero-order chi connectivity index (χ0) is 13.8. The molecule has 0 unspecified atom stereocenters. The minimum atomic E-state index is -0.209. The molecule has 2 N–H and O–H groups in total. The summed E-state index contributed by atoms with van der Waals surface area (Å²) < 4.78 is 0. The minimum Gasteiger partial charge on any atom is -0.355 e. The van der Waals surface area contributed by atoms with Crippen molar-refractivity contribution in [3.63, 3.8) is 0 Å². The summed E-state index contributed by atoms with van der Waals surface area (Å²) in [6.45, 7) is 2.00. The molecule has 19 heavy (non-hydrogen) atoms. The summed E-state index contributed by atoms with van der Waals surface area (Å²) >= 11 is 5.88. The Balaban J connectivity index is 2.38. The lowest BCUT2D eigenvalue weighted by atomic mass is 10.2. The molecular formula is C14H14ClN3O.